The van der Waals surface area contributed by atoms with Gasteiger partial charge in [-0.25, -0.2) is 4.39 Å². The number of methoxy groups -OCH3 is 2. The van der Waals surface area contributed by atoms with Crippen molar-refractivity contribution in [3.8, 4) is 11.5 Å². The Morgan fingerprint density at radius 1 is 0.793 bits per heavy atom. The van der Waals surface area contributed by atoms with E-state index in [0.29, 0.717) is 61.4 Å². The van der Waals surface area contributed by atoms with Crippen molar-refractivity contribution in [3.05, 3.63) is 190 Å². The maximum Gasteiger partial charge on any atom is 0.260 e. The van der Waals surface area contributed by atoms with E-state index in [1.165, 1.54) is 19.2 Å². The number of nitrogens with one attached hydrogen (secondary N) is 3. The zero-order chi connectivity index (χ0) is 40.3. The van der Waals surface area contributed by atoms with Gasteiger partial charge in [-0.15, -0.1) is 0 Å². The van der Waals surface area contributed by atoms with Crippen LogP contribution >= 0.6 is 11.6 Å². The number of hydrogen-bond acceptors (Lipinski definition) is 5. The van der Waals surface area contributed by atoms with Gasteiger partial charge in [-0.2, -0.15) is 0 Å². The fraction of sp³-hybridized carbons (Fsp3) is 0.0851. The molecule has 8 rings (SSSR count). The fourth-order valence-corrected chi connectivity index (χ4v) is 7.31. The number of fused-ring (bicyclic) bond motifs is 2. The molecular formula is C47H36ClFN4O5. The molecular weight excluding hydrogens is 755 g/mol. The predicted molar refractivity (Wildman–Crippen MR) is 225 cm³/mol. The van der Waals surface area contributed by atoms with Crippen molar-refractivity contribution in [1.82, 2.24) is 10.3 Å². The second-order valence-electron chi connectivity index (χ2n) is 13.6. The van der Waals surface area contributed by atoms with Crippen LogP contribution in [0.3, 0.4) is 0 Å². The molecule has 58 heavy (non-hydrogen) atoms. The third-order valence-corrected chi connectivity index (χ3v) is 10.3. The van der Waals surface area contributed by atoms with E-state index >= 15 is 4.39 Å². The van der Waals surface area contributed by atoms with Gasteiger partial charge >= 0.3 is 0 Å². The number of halogens is 2. The summed E-state index contributed by atoms with van der Waals surface area (Å²) in [6.45, 7) is 0.183. The molecule has 288 valence electrons. The number of anilines is 2. The van der Waals surface area contributed by atoms with Gasteiger partial charge in [0, 0.05) is 49.6 Å². The number of hydrogen-bond donors (Lipinski definition) is 3. The number of amides is 3. The van der Waals surface area contributed by atoms with E-state index in [1.807, 2.05) is 54.6 Å². The van der Waals surface area contributed by atoms with Crippen LogP contribution in [-0.4, -0.2) is 36.9 Å². The van der Waals surface area contributed by atoms with Crippen molar-refractivity contribution >= 4 is 62.7 Å². The number of nitrogens with zero attached hydrogens (tertiary/aromatic N) is 1. The van der Waals surface area contributed by atoms with Crippen molar-refractivity contribution in [2.24, 2.45) is 0 Å². The third-order valence-electron chi connectivity index (χ3n) is 10.0. The minimum atomic E-state index is -1.16. The van der Waals surface area contributed by atoms with Crippen LogP contribution in [0.5, 0.6) is 11.5 Å². The first-order chi connectivity index (χ1) is 28.2. The maximum atomic E-state index is 15.1. The number of ether oxygens (including phenoxy) is 2. The minimum Gasteiger partial charge on any atom is -0.497 e. The van der Waals surface area contributed by atoms with Gasteiger partial charge in [0.1, 0.15) is 23.4 Å². The number of carbonyl (C=O) groups excluding carboxylic acids is 3. The van der Waals surface area contributed by atoms with E-state index in [4.69, 9.17) is 21.1 Å². The van der Waals surface area contributed by atoms with Crippen molar-refractivity contribution in [1.29, 1.82) is 0 Å². The van der Waals surface area contributed by atoms with Gasteiger partial charge in [0.05, 0.1) is 32.0 Å². The molecule has 0 saturated carbocycles. The zero-order valence-electron chi connectivity index (χ0n) is 31.4. The van der Waals surface area contributed by atoms with Crippen molar-refractivity contribution in [3.63, 3.8) is 0 Å². The van der Waals surface area contributed by atoms with E-state index in [9.17, 15) is 14.4 Å². The van der Waals surface area contributed by atoms with Crippen molar-refractivity contribution in [2.75, 3.05) is 24.4 Å². The number of H-pyrrole nitrogens is 1. The second kappa shape index (κ2) is 16.1. The Labute approximate surface area is 338 Å². The molecule has 2 heterocycles. The lowest BCUT2D eigenvalue weighted by molar-refractivity contribution is -0.118. The van der Waals surface area contributed by atoms with E-state index in [0.717, 1.165) is 16.5 Å². The highest BCUT2D eigenvalue weighted by atomic mass is 35.5. The molecule has 0 unspecified atom stereocenters. The highest BCUT2D eigenvalue weighted by Gasteiger charge is 2.37. The summed E-state index contributed by atoms with van der Waals surface area (Å²) in [4.78, 5) is 48.1. The molecule has 1 atom stereocenters. The fourth-order valence-electron chi connectivity index (χ4n) is 7.18. The molecule has 3 amide bonds. The summed E-state index contributed by atoms with van der Waals surface area (Å²) in [6, 6.07) is 40.4. The Bertz CT molecular complexity index is 2720. The number of aromatic amines is 1. The predicted octanol–water partition coefficient (Wildman–Crippen LogP) is 9.59. The first-order valence-electron chi connectivity index (χ1n) is 18.4. The van der Waals surface area contributed by atoms with Crippen LogP contribution in [-0.2, 0) is 16.1 Å². The summed E-state index contributed by atoms with van der Waals surface area (Å²) >= 11 is 6.22. The largest absolute Gasteiger partial charge is 0.497 e. The molecule has 0 aliphatic carbocycles. The average Bonchev–Trinajstić information content (AvgIpc) is 3.78. The van der Waals surface area contributed by atoms with Crippen molar-refractivity contribution in [2.45, 2.75) is 12.6 Å². The van der Waals surface area contributed by atoms with E-state index in [1.54, 1.807) is 90.9 Å². The Morgan fingerprint density at radius 3 is 2.21 bits per heavy atom. The Hall–Kier alpha value is -7.17. The molecule has 9 nitrogen and oxygen atoms in total. The summed E-state index contributed by atoms with van der Waals surface area (Å²) in [7, 11) is 3.11. The molecule has 1 aromatic heterocycles. The van der Waals surface area contributed by atoms with Crippen LogP contribution in [0, 0.1) is 5.82 Å². The molecule has 0 spiro atoms. The van der Waals surface area contributed by atoms with E-state index in [2.05, 4.69) is 15.6 Å². The third kappa shape index (κ3) is 7.53. The van der Waals surface area contributed by atoms with Gasteiger partial charge in [-0.05, 0) is 96.1 Å². The number of rotatable bonds is 11. The highest BCUT2D eigenvalue weighted by molar-refractivity contribution is 6.39. The van der Waals surface area contributed by atoms with E-state index in [-0.39, 0.29) is 18.0 Å². The topological polar surface area (TPSA) is 113 Å². The molecule has 1 aliphatic heterocycles. The Balaban J connectivity index is 1.31. The lowest BCUT2D eigenvalue weighted by atomic mass is 9.91. The monoisotopic (exact) mass is 790 g/mol. The molecule has 3 N–H and O–H groups in total. The molecule has 6 aromatic carbocycles. The summed E-state index contributed by atoms with van der Waals surface area (Å²) in [6.07, 6.45) is 0. The van der Waals surface area contributed by atoms with Gasteiger partial charge in [-0.1, -0.05) is 72.3 Å². The average molecular weight is 791 g/mol. The second-order valence-corrected chi connectivity index (χ2v) is 14.1. The Morgan fingerprint density at radius 2 is 1.48 bits per heavy atom. The van der Waals surface area contributed by atoms with E-state index < -0.39 is 23.7 Å². The lowest BCUT2D eigenvalue weighted by Gasteiger charge is -2.22. The summed E-state index contributed by atoms with van der Waals surface area (Å²) in [5.41, 5.74) is 5.37. The van der Waals surface area contributed by atoms with Gasteiger partial charge < -0.3 is 30.0 Å². The van der Waals surface area contributed by atoms with Gasteiger partial charge in [0.25, 0.3) is 17.7 Å². The van der Waals surface area contributed by atoms with Crippen molar-refractivity contribution < 1.29 is 28.2 Å². The standard InChI is InChI=1S/C47H36ClFN4O5/c1-57-34-18-21-38-31(23-34)24-40(50-38)42(43-36-20-17-33(49)25-41(36)53(47(43)56)27-28-9-5-3-6-10-28)37-26-35(58-2)19-22-39(37)51-46(55)44(29-13-15-32(48)16-14-29)52-45(54)30-11-7-4-8-12-30/h3-26,44,50H,27H2,1-2H3,(H,51,55)(H,52,54)/b43-42-/t44-/m0/s1. The minimum absolute atomic E-state index is 0.183. The zero-order valence-corrected chi connectivity index (χ0v) is 32.1. The number of aromatic nitrogens is 1. The quantitative estimate of drug-likeness (QED) is 0.113. The summed E-state index contributed by atoms with van der Waals surface area (Å²) in [5, 5.41) is 7.21. The highest BCUT2D eigenvalue weighted by Crippen LogP contribution is 2.46. The molecule has 7 aromatic rings. The van der Waals surface area contributed by atoms with Gasteiger partial charge in [0.2, 0.25) is 0 Å². The van der Waals surface area contributed by atoms with Crippen LogP contribution in [0.25, 0.3) is 22.0 Å². The number of benzene rings is 6. The molecule has 11 heteroatoms. The summed E-state index contributed by atoms with van der Waals surface area (Å²) in [5.74, 6) is -0.800. The Kier molecular flexibility index (Phi) is 10.5. The molecule has 0 saturated heterocycles. The van der Waals surface area contributed by atoms with Gasteiger partial charge in [0.15, 0.2) is 0 Å². The van der Waals surface area contributed by atoms with Crippen LogP contribution in [0.2, 0.25) is 5.02 Å². The SMILES string of the molecule is COc1ccc(NC(=O)[C@@H](NC(=O)c2ccccc2)c2ccc(Cl)cc2)c(/C(=C2/C(=O)N(Cc3ccccc3)c3cc(F)ccc32)c2cc3cc(OC)ccc3[nH]2)c1. The summed E-state index contributed by atoms with van der Waals surface area (Å²) < 4.78 is 26.3. The normalized spacial score (nSPS) is 13.5. The molecule has 0 fully saturated rings. The maximum absolute atomic E-state index is 15.1. The molecule has 0 radical (unpaired) electrons. The first kappa shape index (κ1) is 37.7. The molecule has 0 bridgehead atoms. The number of carbonyl (C=O) groups is 3. The van der Waals surface area contributed by atoms with Crippen LogP contribution in [0.4, 0.5) is 15.8 Å². The first-order valence-corrected chi connectivity index (χ1v) is 18.8. The smallest absolute Gasteiger partial charge is 0.260 e. The molecule has 1 aliphatic rings. The van der Waals surface area contributed by atoms with Crippen LogP contribution < -0.4 is 25.0 Å². The lowest BCUT2D eigenvalue weighted by Crippen LogP contribution is -2.37. The van der Waals surface area contributed by atoms with Crippen LogP contribution in [0.1, 0.15) is 44.3 Å². The van der Waals surface area contributed by atoms with Crippen LogP contribution in [0.15, 0.2) is 146 Å². The van der Waals surface area contributed by atoms with Gasteiger partial charge in [-0.3, -0.25) is 14.4 Å².